The third kappa shape index (κ3) is 11.5. The van der Waals surface area contributed by atoms with E-state index in [0.29, 0.717) is 35.9 Å². The lowest BCUT2D eigenvalue weighted by atomic mass is 9.98. The summed E-state index contributed by atoms with van der Waals surface area (Å²) < 4.78 is 39.4. The van der Waals surface area contributed by atoms with Crippen LogP contribution in [0.2, 0.25) is 0 Å². The number of ether oxygens (including phenoxy) is 2. The number of carbonyl (C=O) groups excluding carboxylic acids is 3. The zero-order valence-electron chi connectivity index (χ0n) is 29.5. The van der Waals surface area contributed by atoms with Gasteiger partial charge in [0.05, 0.1) is 31.5 Å². The van der Waals surface area contributed by atoms with Gasteiger partial charge in [0.2, 0.25) is 0 Å². The predicted molar refractivity (Wildman–Crippen MR) is 185 cm³/mol. The van der Waals surface area contributed by atoms with Gasteiger partial charge in [-0.2, -0.15) is 0 Å². The summed E-state index contributed by atoms with van der Waals surface area (Å²) in [6, 6.07) is 12.9. The van der Waals surface area contributed by atoms with E-state index in [-0.39, 0.29) is 47.8 Å². The van der Waals surface area contributed by atoms with Gasteiger partial charge in [0.25, 0.3) is 11.8 Å². The fourth-order valence-electron chi connectivity index (χ4n) is 5.20. The lowest BCUT2D eigenvalue weighted by Crippen LogP contribution is -2.51. The number of oxime groups is 1. The number of rotatable bonds is 14. The lowest BCUT2D eigenvalue weighted by Gasteiger charge is -2.32. The molecule has 2 atom stereocenters. The molecule has 11 nitrogen and oxygen atoms in total. The number of hydrogen-bond donors (Lipinski definition) is 3. The van der Waals surface area contributed by atoms with Crippen LogP contribution in [-0.4, -0.2) is 88.7 Å². The fourth-order valence-corrected chi connectivity index (χ4v) is 5.20. The molecule has 0 aliphatic heterocycles. The van der Waals surface area contributed by atoms with E-state index in [9.17, 15) is 33.5 Å². The SMILES string of the molecule is CCCN(C)C(=O)c1cc(C(=O)N[C@@H](Cc2cc(F)cc(F)c2)[C@H](O)CN(Cc2cccc(OC)c2)C(=O)OC(C)(C)C)cc(/C(C)=N/O)c1. The Balaban J connectivity index is 2.03. The maximum Gasteiger partial charge on any atom is 0.410 e. The normalized spacial score (nSPS) is 12.9. The number of carbonyl (C=O) groups is 3. The van der Waals surface area contributed by atoms with Crippen molar-refractivity contribution in [3.05, 3.63) is 100 Å². The third-order valence-electron chi connectivity index (χ3n) is 7.64. The Kier molecular flexibility index (Phi) is 13.8. The Bertz CT molecular complexity index is 1670. The van der Waals surface area contributed by atoms with Crippen LogP contribution in [0.1, 0.15) is 78.4 Å². The molecule has 270 valence electrons. The van der Waals surface area contributed by atoms with Crippen LogP contribution >= 0.6 is 0 Å². The van der Waals surface area contributed by atoms with Crippen molar-refractivity contribution in [3.8, 4) is 5.75 Å². The lowest BCUT2D eigenvalue weighted by molar-refractivity contribution is 0.00836. The average molecular weight is 697 g/mol. The Morgan fingerprint density at radius 1 is 0.960 bits per heavy atom. The first-order valence-electron chi connectivity index (χ1n) is 16.2. The van der Waals surface area contributed by atoms with Crippen molar-refractivity contribution in [3.63, 3.8) is 0 Å². The van der Waals surface area contributed by atoms with E-state index in [1.165, 1.54) is 42.0 Å². The molecule has 0 unspecified atom stereocenters. The molecule has 0 heterocycles. The second kappa shape index (κ2) is 17.6. The van der Waals surface area contributed by atoms with Crippen molar-refractivity contribution in [2.75, 3.05) is 27.2 Å². The van der Waals surface area contributed by atoms with Gasteiger partial charge in [-0.15, -0.1) is 0 Å². The van der Waals surface area contributed by atoms with Gasteiger partial charge in [-0.1, -0.05) is 24.2 Å². The second-order valence-electron chi connectivity index (χ2n) is 13.1. The summed E-state index contributed by atoms with van der Waals surface area (Å²) in [6.07, 6.45) is -1.76. The number of amides is 3. The van der Waals surface area contributed by atoms with Crippen LogP contribution in [0.15, 0.2) is 65.8 Å². The summed E-state index contributed by atoms with van der Waals surface area (Å²) in [5, 5.41) is 27.1. The number of aliphatic hydroxyl groups is 1. The summed E-state index contributed by atoms with van der Waals surface area (Å²) in [7, 11) is 3.13. The summed E-state index contributed by atoms with van der Waals surface area (Å²) >= 11 is 0. The van der Waals surface area contributed by atoms with Gasteiger partial charge in [0.1, 0.15) is 23.0 Å². The average Bonchev–Trinajstić information content (AvgIpc) is 3.05. The summed E-state index contributed by atoms with van der Waals surface area (Å²) in [5.41, 5.74) is 0.530. The van der Waals surface area contributed by atoms with E-state index < -0.39 is 41.4 Å². The van der Waals surface area contributed by atoms with Crippen molar-refractivity contribution in [2.24, 2.45) is 5.16 Å². The van der Waals surface area contributed by atoms with Crippen LogP contribution < -0.4 is 10.1 Å². The van der Waals surface area contributed by atoms with Crippen molar-refractivity contribution in [1.29, 1.82) is 0 Å². The minimum Gasteiger partial charge on any atom is -0.497 e. The predicted octanol–water partition coefficient (Wildman–Crippen LogP) is 5.79. The van der Waals surface area contributed by atoms with Crippen molar-refractivity contribution in [2.45, 2.75) is 71.8 Å². The van der Waals surface area contributed by atoms with E-state index in [2.05, 4.69) is 10.5 Å². The topological polar surface area (TPSA) is 141 Å². The Labute approximate surface area is 291 Å². The number of methoxy groups -OCH3 is 1. The first-order chi connectivity index (χ1) is 23.5. The molecule has 3 N–H and O–H groups in total. The molecular weight excluding hydrogens is 650 g/mol. The van der Waals surface area contributed by atoms with Gasteiger partial charge in [-0.25, -0.2) is 13.6 Å². The van der Waals surface area contributed by atoms with Crippen molar-refractivity contribution >= 4 is 23.6 Å². The molecule has 3 amide bonds. The molecule has 50 heavy (non-hydrogen) atoms. The smallest absolute Gasteiger partial charge is 0.410 e. The highest BCUT2D eigenvalue weighted by Gasteiger charge is 2.30. The van der Waals surface area contributed by atoms with E-state index >= 15 is 0 Å². The van der Waals surface area contributed by atoms with Crippen LogP contribution in [0.25, 0.3) is 0 Å². The fraction of sp³-hybridized carbons (Fsp3) is 0.405. The molecule has 0 bridgehead atoms. The molecule has 0 spiro atoms. The Morgan fingerprint density at radius 3 is 2.20 bits per heavy atom. The summed E-state index contributed by atoms with van der Waals surface area (Å²) in [5.74, 6) is -2.25. The largest absolute Gasteiger partial charge is 0.497 e. The van der Waals surface area contributed by atoms with Crippen molar-refractivity contribution in [1.82, 2.24) is 15.1 Å². The zero-order valence-corrected chi connectivity index (χ0v) is 29.5. The number of hydrogen-bond acceptors (Lipinski definition) is 8. The minimum absolute atomic E-state index is 0.00162. The molecule has 3 aromatic carbocycles. The maximum absolute atomic E-state index is 14.2. The Hall–Kier alpha value is -5.04. The van der Waals surface area contributed by atoms with E-state index in [1.54, 1.807) is 52.1 Å². The maximum atomic E-state index is 14.2. The quantitative estimate of drug-likeness (QED) is 0.110. The monoisotopic (exact) mass is 696 g/mol. The number of benzene rings is 3. The Morgan fingerprint density at radius 2 is 1.60 bits per heavy atom. The third-order valence-corrected chi connectivity index (χ3v) is 7.64. The first kappa shape index (κ1) is 39.4. The highest BCUT2D eigenvalue weighted by molar-refractivity contribution is 6.06. The van der Waals surface area contributed by atoms with Gasteiger partial charge >= 0.3 is 6.09 Å². The molecule has 3 rings (SSSR count). The molecule has 0 aliphatic rings. The second-order valence-corrected chi connectivity index (χ2v) is 13.1. The number of nitrogens with zero attached hydrogens (tertiary/aromatic N) is 3. The molecule has 0 aliphatic carbocycles. The summed E-state index contributed by atoms with van der Waals surface area (Å²) in [4.78, 5) is 43.2. The van der Waals surface area contributed by atoms with Gasteiger partial charge in [-0.3, -0.25) is 9.59 Å². The van der Waals surface area contributed by atoms with E-state index in [4.69, 9.17) is 9.47 Å². The van der Waals surface area contributed by atoms with Crippen LogP contribution in [0.3, 0.4) is 0 Å². The molecular formula is C37H46F2N4O7. The van der Waals surface area contributed by atoms with Gasteiger partial charge in [-0.05, 0) is 94.1 Å². The highest BCUT2D eigenvalue weighted by Crippen LogP contribution is 2.20. The molecule has 0 saturated carbocycles. The molecule has 0 saturated heterocycles. The van der Waals surface area contributed by atoms with E-state index in [0.717, 1.165) is 12.1 Å². The van der Waals surface area contributed by atoms with Gasteiger partial charge in [0.15, 0.2) is 0 Å². The van der Waals surface area contributed by atoms with Crippen LogP contribution in [0.5, 0.6) is 5.75 Å². The number of halogens is 2. The first-order valence-corrected chi connectivity index (χ1v) is 16.2. The van der Waals surface area contributed by atoms with Crippen LogP contribution in [-0.2, 0) is 17.7 Å². The molecule has 0 radical (unpaired) electrons. The molecule has 0 fully saturated rings. The molecule has 3 aromatic rings. The number of aliphatic hydroxyl groups excluding tert-OH is 1. The van der Waals surface area contributed by atoms with Gasteiger partial charge in [0, 0.05) is 42.9 Å². The van der Waals surface area contributed by atoms with Crippen LogP contribution in [0.4, 0.5) is 13.6 Å². The minimum atomic E-state index is -1.48. The zero-order chi connectivity index (χ0) is 37.2. The number of nitrogens with one attached hydrogen (secondary N) is 1. The van der Waals surface area contributed by atoms with Crippen molar-refractivity contribution < 1.29 is 43.0 Å². The van der Waals surface area contributed by atoms with Gasteiger partial charge < -0.3 is 34.9 Å². The van der Waals surface area contributed by atoms with Crippen LogP contribution in [0, 0.1) is 11.6 Å². The molecule has 0 aromatic heterocycles. The standard InChI is InChI=1S/C37H46F2N4O7/c1-8-12-42(6)35(46)28-18-26(23(2)41-48)17-27(19-28)34(45)40-32(16-25-13-29(38)20-30(39)14-25)33(44)22-43(36(47)50-37(3,4)5)21-24-10-9-11-31(15-24)49-7/h9-11,13-15,17-20,32-33,44,48H,8,12,16,21-22H2,1-7H3,(H,40,45)/b41-23+/t32-,33+/m0/s1. The summed E-state index contributed by atoms with van der Waals surface area (Å²) in [6.45, 7) is 8.61. The molecule has 13 heteroatoms. The van der Waals surface area contributed by atoms with E-state index in [1.807, 2.05) is 6.92 Å². The highest BCUT2D eigenvalue weighted by atomic mass is 19.1.